The number of rotatable bonds is 5. The van der Waals surface area contributed by atoms with Crippen molar-refractivity contribution in [1.82, 2.24) is 10.3 Å². The molecule has 0 amide bonds. The first kappa shape index (κ1) is 15.7. The topological polar surface area (TPSA) is 45.2 Å². The fourth-order valence-corrected chi connectivity index (χ4v) is 4.53. The van der Waals surface area contributed by atoms with Gasteiger partial charge in [0, 0.05) is 29.0 Å². The number of aliphatic hydroxyl groups excluding tert-OH is 1. The van der Waals surface area contributed by atoms with E-state index in [1.165, 1.54) is 11.6 Å². The Morgan fingerprint density at radius 2 is 1.92 bits per heavy atom. The Labute approximate surface area is 141 Å². The average Bonchev–Trinajstić information content (AvgIpc) is 3.19. The van der Waals surface area contributed by atoms with Crippen molar-refractivity contribution in [2.75, 3.05) is 0 Å². The number of nitrogens with zero attached hydrogens (tertiary/aromatic N) is 1. The zero-order valence-electron chi connectivity index (χ0n) is 13.7. The van der Waals surface area contributed by atoms with E-state index >= 15 is 0 Å². The van der Waals surface area contributed by atoms with Crippen molar-refractivity contribution in [2.45, 2.75) is 55.7 Å². The Balaban J connectivity index is 1.49. The van der Waals surface area contributed by atoms with Gasteiger partial charge >= 0.3 is 0 Å². The molecular weight excluding hydrogens is 303 g/mol. The quantitative estimate of drug-likeness (QED) is 0.883. The van der Waals surface area contributed by atoms with E-state index in [2.05, 4.69) is 16.4 Å². The Bertz CT molecular complexity index is 711. The van der Waals surface area contributed by atoms with Crippen LogP contribution in [0.25, 0.3) is 0 Å². The molecule has 126 valence electrons. The van der Waals surface area contributed by atoms with Gasteiger partial charge in [-0.05, 0) is 56.2 Å². The van der Waals surface area contributed by atoms with Crippen LogP contribution in [0, 0.1) is 5.82 Å². The number of fused-ring (bicyclic) bond motifs is 2. The van der Waals surface area contributed by atoms with E-state index < -0.39 is 6.10 Å². The van der Waals surface area contributed by atoms with Crippen LogP contribution < -0.4 is 5.32 Å². The SMILES string of the molecule is O[C@@H](c1ccccc1F)C12CCC(CCc3cccnc3)(CC1)N2. The third-order valence-electron chi connectivity index (χ3n) is 5.95. The number of hydrogen-bond donors (Lipinski definition) is 2. The van der Waals surface area contributed by atoms with Crippen molar-refractivity contribution >= 4 is 0 Å². The van der Waals surface area contributed by atoms with Crippen LogP contribution in [0.5, 0.6) is 0 Å². The molecular formula is C20H23FN2O. The molecule has 2 aliphatic heterocycles. The van der Waals surface area contributed by atoms with Gasteiger partial charge in [-0.15, -0.1) is 0 Å². The summed E-state index contributed by atoms with van der Waals surface area (Å²) in [6, 6.07) is 10.7. The normalized spacial score (nSPS) is 29.8. The van der Waals surface area contributed by atoms with Crippen LogP contribution in [-0.2, 0) is 6.42 Å². The summed E-state index contributed by atoms with van der Waals surface area (Å²) in [4.78, 5) is 4.18. The minimum Gasteiger partial charge on any atom is -0.386 e. The molecule has 0 radical (unpaired) electrons. The molecule has 0 spiro atoms. The minimum absolute atomic E-state index is 0.0715. The number of halogens is 1. The second kappa shape index (κ2) is 5.94. The van der Waals surface area contributed by atoms with E-state index in [9.17, 15) is 9.50 Å². The van der Waals surface area contributed by atoms with Crippen molar-refractivity contribution in [3.8, 4) is 0 Å². The van der Waals surface area contributed by atoms with E-state index in [1.807, 2.05) is 12.3 Å². The first-order chi connectivity index (χ1) is 11.6. The predicted molar refractivity (Wildman–Crippen MR) is 91.0 cm³/mol. The van der Waals surface area contributed by atoms with Gasteiger partial charge < -0.3 is 10.4 Å². The second-order valence-corrected chi connectivity index (χ2v) is 7.35. The van der Waals surface area contributed by atoms with Crippen molar-refractivity contribution in [1.29, 1.82) is 0 Å². The Morgan fingerprint density at radius 1 is 1.12 bits per heavy atom. The van der Waals surface area contributed by atoms with Crippen LogP contribution in [0.1, 0.15) is 49.3 Å². The number of aromatic nitrogens is 1. The van der Waals surface area contributed by atoms with Gasteiger partial charge in [0.05, 0.1) is 6.10 Å². The van der Waals surface area contributed by atoms with Crippen LogP contribution in [-0.4, -0.2) is 21.2 Å². The van der Waals surface area contributed by atoms with Crippen LogP contribution in [0.3, 0.4) is 0 Å². The molecule has 0 aliphatic carbocycles. The van der Waals surface area contributed by atoms with Crippen molar-refractivity contribution < 1.29 is 9.50 Å². The van der Waals surface area contributed by atoms with Gasteiger partial charge in [0.1, 0.15) is 5.82 Å². The number of hydrogen-bond acceptors (Lipinski definition) is 3. The van der Waals surface area contributed by atoms with Gasteiger partial charge in [0.2, 0.25) is 0 Å². The molecule has 3 nitrogen and oxygen atoms in total. The third kappa shape index (κ3) is 2.64. The van der Waals surface area contributed by atoms with E-state index in [0.29, 0.717) is 5.56 Å². The molecule has 1 aromatic heterocycles. The fourth-order valence-electron chi connectivity index (χ4n) is 4.53. The maximum Gasteiger partial charge on any atom is 0.129 e. The highest BCUT2D eigenvalue weighted by Crippen LogP contribution is 2.52. The van der Waals surface area contributed by atoms with Gasteiger partial charge in [-0.3, -0.25) is 4.98 Å². The number of aliphatic hydroxyl groups is 1. The predicted octanol–water partition coefficient (Wildman–Crippen LogP) is 3.54. The largest absolute Gasteiger partial charge is 0.386 e. The summed E-state index contributed by atoms with van der Waals surface area (Å²) in [6.45, 7) is 0. The molecule has 2 aromatic rings. The maximum absolute atomic E-state index is 14.1. The Hall–Kier alpha value is -1.78. The van der Waals surface area contributed by atoms with E-state index in [1.54, 1.807) is 24.4 Å². The van der Waals surface area contributed by atoms with E-state index in [4.69, 9.17) is 0 Å². The smallest absolute Gasteiger partial charge is 0.129 e. The monoisotopic (exact) mass is 326 g/mol. The first-order valence-corrected chi connectivity index (χ1v) is 8.73. The molecule has 1 atom stereocenters. The fraction of sp³-hybridized carbons (Fsp3) is 0.450. The van der Waals surface area contributed by atoms with Crippen LogP contribution in [0.4, 0.5) is 4.39 Å². The highest BCUT2D eigenvalue weighted by molar-refractivity contribution is 5.28. The standard InChI is InChI=1S/C20H23FN2O/c21-17-6-2-1-5-16(17)18(24)20-11-9-19(23-20,10-12-20)8-7-15-4-3-13-22-14-15/h1-6,13-14,18,23-24H,7-12H2/t18-,19?,20?/m0/s1. The number of aryl methyl sites for hydroxylation is 1. The molecule has 2 fully saturated rings. The summed E-state index contributed by atoms with van der Waals surface area (Å²) < 4.78 is 14.1. The van der Waals surface area contributed by atoms with Gasteiger partial charge in [0.15, 0.2) is 0 Å². The zero-order chi connectivity index (χ0) is 16.6. The van der Waals surface area contributed by atoms with Crippen LogP contribution >= 0.6 is 0 Å². The molecule has 1 aromatic carbocycles. The second-order valence-electron chi connectivity index (χ2n) is 7.35. The molecule has 3 heterocycles. The van der Waals surface area contributed by atoms with E-state index in [-0.39, 0.29) is 16.9 Å². The molecule has 2 bridgehead atoms. The van der Waals surface area contributed by atoms with Gasteiger partial charge in [-0.25, -0.2) is 4.39 Å². The maximum atomic E-state index is 14.1. The molecule has 4 rings (SSSR count). The Morgan fingerprint density at radius 3 is 2.62 bits per heavy atom. The lowest BCUT2D eigenvalue weighted by Crippen LogP contribution is -2.46. The summed E-state index contributed by atoms with van der Waals surface area (Å²) in [7, 11) is 0. The lowest BCUT2D eigenvalue weighted by Gasteiger charge is -2.32. The molecule has 0 saturated carbocycles. The summed E-state index contributed by atoms with van der Waals surface area (Å²) in [6.07, 6.45) is 8.81. The van der Waals surface area contributed by atoms with Crippen molar-refractivity contribution in [3.63, 3.8) is 0 Å². The van der Waals surface area contributed by atoms with Gasteiger partial charge in [0.25, 0.3) is 0 Å². The molecule has 2 N–H and O–H groups in total. The zero-order valence-corrected chi connectivity index (χ0v) is 13.7. The molecule has 2 aliphatic rings. The highest BCUT2D eigenvalue weighted by Gasteiger charge is 2.56. The van der Waals surface area contributed by atoms with Crippen molar-refractivity contribution in [2.24, 2.45) is 0 Å². The van der Waals surface area contributed by atoms with Gasteiger partial charge in [-0.2, -0.15) is 0 Å². The van der Waals surface area contributed by atoms with Crippen LogP contribution in [0.2, 0.25) is 0 Å². The van der Waals surface area contributed by atoms with Crippen molar-refractivity contribution in [3.05, 3.63) is 65.7 Å². The summed E-state index contributed by atoms with van der Waals surface area (Å²) in [5.74, 6) is -0.319. The highest BCUT2D eigenvalue weighted by atomic mass is 19.1. The number of nitrogens with one attached hydrogen (secondary N) is 1. The van der Waals surface area contributed by atoms with Crippen LogP contribution in [0.15, 0.2) is 48.8 Å². The van der Waals surface area contributed by atoms with E-state index in [0.717, 1.165) is 38.5 Å². The summed E-state index contributed by atoms with van der Waals surface area (Å²) in [5.41, 5.74) is 1.35. The lowest BCUT2D eigenvalue weighted by atomic mass is 9.76. The summed E-state index contributed by atoms with van der Waals surface area (Å²) in [5, 5.41) is 14.6. The minimum atomic E-state index is -0.790. The molecule has 0 unspecified atom stereocenters. The van der Waals surface area contributed by atoms with Gasteiger partial charge in [-0.1, -0.05) is 24.3 Å². The third-order valence-corrected chi connectivity index (χ3v) is 5.95. The average molecular weight is 326 g/mol. The number of benzene rings is 1. The lowest BCUT2D eigenvalue weighted by molar-refractivity contribution is 0.0704. The molecule has 2 saturated heterocycles. The molecule has 24 heavy (non-hydrogen) atoms. The molecule has 4 heteroatoms. The summed E-state index contributed by atoms with van der Waals surface area (Å²) >= 11 is 0. The Kier molecular flexibility index (Phi) is 3.89. The number of pyridine rings is 1. The first-order valence-electron chi connectivity index (χ1n) is 8.73.